The van der Waals surface area contributed by atoms with Gasteiger partial charge in [-0.15, -0.1) is 23.5 Å². The number of thioether (sulfide) groups is 2. The lowest BCUT2D eigenvalue weighted by Crippen LogP contribution is -2.03. The highest BCUT2D eigenvalue weighted by Gasteiger charge is 2.25. The Morgan fingerprint density at radius 1 is 0.552 bits per heavy atom. The lowest BCUT2D eigenvalue weighted by Gasteiger charge is -2.26. The maximum absolute atomic E-state index is 11.4. The molecule has 0 aliphatic rings. The van der Waals surface area contributed by atoms with Crippen LogP contribution >= 0.6 is 23.5 Å². The van der Waals surface area contributed by atoms with Gasteiger partial charge in [-0.25, -0.2) is 0 Å². The summed E-state index contributed by atoms with van der Waals surface area (Å²) in [6.07, 6.45) is 2.92. The average molecular weight is 421 g/mol. The SMILES string of the molecule is O=CCC(SC(SC(CC=O)c1ccccc1)c1ccccc1)c1ccccc1. The first-order valence-electron chi connectivity index (χ1n) is 9.65. The van der Waals surface area contributed by atoms with Crippen LogP contribution in [0.5, 0.6) is 0 Å². The Kier molecular flexibility index (Phi) is 8.59. The number of hydrogen-bond acceptors (Lipinski definition) is 4. The van der Waals surface area contributed by atoms with Crippen molar-refractivity contribution < 1.29 is 9.59 Å². The molecule has 3 aromatic rings. The molecule has 3 aromatic carbocycles. The van der Waals surface area contributed by atoms with E-state index in [0.717, 1.165) is 23.7 Å². The molecule has 29 heavy (non-hydrogen) atoms. The zero-order valence-corrected chi connectivity index (χ0v) is 17.7. The van der Waals surface area contributed by atoms with E-state index in [2.05, 4.69) is 36.4 Å². The number of hydrogen-bond donors (Lipinski definition) is 0. The summed E-state index contributed by atoms with van der Waals surface area (Å²) >= 11 is 3.57. The summed E-state index contributed by atoms with van der Waals surface area (Å²) in [7, 11) is 0. The van der Waals surface area contributed by atoms with E-state index in [-0.39, 0.29) is 15.1 Å². The zero-order valence-electron chi connectivity index (χ0n) is 16.1. The highest BCUT2D eigenvalue weighted by molar-refractivity contribution is 8.16. The van der Waals surface area contributed by atoms with E-state index >= 15 is 0 Å². The molecule has 0 bridgehead atoms. The van der Waals surface area contributed by atoms with E-state index in [1.54, 1.807) is 23.5 Å². The maximum Gasteiger partial charge on any atom is 0.121 e. The van der Waals surface area contributed by atoms with E-state index in [1.165, 1.54) is 5.56 Å². The Morgan fingerprint density at radius 3 is 1.24 bits per heavy atom. The fourth-order valence-electron chi connectivity index (χ4n) is 3.15. The molecule has 2 atom stereocenters. The summed E-state index contributed by atoms with van der Waals surface area (Å²) in [6, 6.07) is 30.7. The molecule has 0 fully saturated rings. The summed E-state index contributed by atoms with van der Waals surface area (Å²) in [5.41, 5.74) is 3.50. The largest absolute Gasteiger partial charge is 0.303 e. The highest BCUT2D eigenvalue weighted by atomic mass is 32.2. The van der Waals surface area contributed by atoms with Gasteiger partial charge in [0, 0.05) is 23.3 Å². The second-order valence-electron chi connectivity index (χ2n) is 6.62. The second kappa shape index (κ2) is 11.6. The number of benzene rings is 3. The minimum Gasteiger partial charge on any atom is -0.303 e. The topological polar surface area (TPSA) is 34.1 Å². The van der Waals surface area contributed by atoms with Gasteiger partial charge in [-0.3, -0.25) is 0 Å². The molecular formula is C25H24O2S2. The minimum absolute atomic E-state index is 0.0686. The molecule has 0 aromatic heterocycles. The van der Waals surface area contributed by atoms with Gasteiger partial charge in [-0.1, -0.05) is 91.0 Å². The Hall–Kier alpha value is -2.30. The van der Waals surface area contributed by atoms with Gasteiger partial charge >= 0.3 is 0 Å². The molecule has 0 spiro atoms. The first kappa shape index (κ1) is 21.4. The molecule has 2 unspecified atom stereocenters. The van der Waals surface area contributed by atoms with Crippen molar-refractivity contribution >= 4 is 36.1 Å². The van der Waals surface area contributed by atoms with Crippen LogP contribution in [0.15, 0.2) is 91.0 Å². The van der Waals surface area contributed by atoms with Crippen molar-refractivity contribution in [2.24, 2.45) is 0 Å². The van der Waals surface area contributed by atoms with Crippen molar-refractivity contribution in [3.63, 3.8) is 0 Å². The predicted molar refractivity (Wildman–Crippen MR) is 124 cm³/mol. The molecule has 0 aliphatic carbocycles. The molecular weight excluding hydrogens is 396 g/mol. The third kappa shape index (κ3) is 6.34. The van der Waals surface area contributed by atoms with Gasteiger partial charge in [0.2, 0.25) is 0 Å². The number of aldehydes is 2. The van der Waals surface area contributed by atoms with Gasteiger partial charge in [0.15, 0.2) is 0 Å². The zero-order chi connectivity index (χ0) is 20.3. The average Bonchev–Trinajstić information content (AvgIpc) is 2.79. The molecule has 0 heterocycles. The fourth-order valence-corrected chi connectivity index (χ4v) is 6.44. The molecule has 4 heteroatoms. The highest BCUT2D eigenvalue weighted by Crippen LogP contribution is 2.53. The second-order valence-corrected chi connectivity index (χ2v) is 9.54. The summed E-state index contributed by atoms with van der Waals surface area (Å²) in [6.45, 7) is 0. The van der Waals surface area contributed by atoms with E-state index in [4.69, 9.17) is 0 Å². The monoisotopic (exact) mass is 420 g/mol. The molecule has 3 rings (SSSR count). The lowest BCUT2D eigenvalue weighted by molar-refractivity contribution is -0.108. The van der Waals surface area contributed by atoms with Crippen molar-refractivity contribution in [1.82, 2.24) is 0 Å². The van der Waals surface area contributed by atoms with Crippen molar-refractivity contribution in [2.45, 2.75) is 27.9 Å². The van der Waals surface area contributed by atoms with Crippen molar-refractivity contribution in [1.29, 1.82) is 0 Å². The van der Waals surface area contributed by atoms with Gasteiger partial charge in [0.1, 0.15) is 12.6 Å². The van der Waals surface area contributed by atoms with Crippen molar-refractivity contribution in [2.75, 3.05) is 0 Å². The standard InChI is InChI=1S/C25H24O2S2/c26-18-16-23(20-10-4-1-5-11-20)28-25(22-14-8-3-9-15-22)29-24(17-19-27)21-12-6-2-7-13-21/h1-15,18-19,23-25H,16-17H2. The molecule has 0 aliphatic heterocycles. The van der Waals surface area contributed by atoms with Crippen LogP contribution < -0.4 is 0 Å². The van der Waals surface area contributed by atoms with Gasteiger partial charge in [0.25, 0.3) is 0 Å². The van der Waals surface area contributed by atoms with Gasteiger partial charge < -0.3 is 9.59 Å². The first-order valence-corrected chi connectivity index (χ1v) is 11.5. The van der Waals surface area contributed by atoms with Gasteiger partial charge in [-0.2, -0.15) is 0 Å². The Balaban J connectivity index is 1.89. The number of carbonyl (C=O) groups is 2. The van der Waals surface area contributed by atoms with Crippen LogP contribution in [0.2, 0.25) is 0 Å². The van der Waals surface area contributed by atoms with Crippen LogP contribution in [-0.2, 0) is 9.59 Å². The van der Waals surface area contributed by atoms with E-state index in [0.29, 0.717) is 12.8 Å². The van der Waals surface area contributed by atoms with Crippen molar-refractivity contribution in [3.05, 3.63) is 108 Å². The van der Waals surface area contributed by atoms with Crippen LogP contribution in [0, 0.1) is 0 Å². The molecule has 0 saturated heterocycles. The Bertz CT molecular complexity index is 814. The predicted octanol–water partition coefficient (Wildman–Crippen LogP) is 6.81. The Morgan fingerprint density at radius 2 is 0.897 bits per heavy atom. The number of rotatable bonds is 11. The van der Waals surface area contributed by atoms with Crippen LogP contribution in [0.1, 0.15) is 44.6 Å². The van der Waals surface area contributed by atoms with Crippen LogP contribution in [-0.4, -0.2) is 12.6 Å². The molecule has 0 radical (unpaired) electrons. The lowest BCUT2D eigenvalue weighted by atomic mass is 10.1. The van der Waals surface area contributed by atoms with Gasteiger partial charge in [-0.05, 0) is 16.7 Å². The third-order valence-corrected chi connectivity index (χ3v) is 7.90. The molecule has 0 N–H and O–H groups in total. The van der Waals surface area contributed by atoms with Crippen LogP contribution in [0.3, 0.4) is 0 Å². The minimum atomic E-state index is 0.0686. The summed E-state index contributed by atoms with van der Waals surface area (Å²) in [4.78, 5) is 22.8. The molecule has 148 valence electrons. The van der Waals surface area contributed by atoms with Gasteiger partial charge in [0.05, 0.1) is 4.58 Å². The first-order chi connectivity index (χ1) is 14.3. The van der Waals surface area contributed by atoms with E-state index < -0.39 is 0 Å². The van der Waals surface area contributed by atoms with E-state index in [9.17, 15) is 9.59 Å². The summed E-state index contributed by atoms with van der Waals surface area (Å²) in [5, 5.41) is 0.137. The summed E-state index contributed by atoms with van der Waals surface area (Å²) in [5.74, 6) is 0. The fraction of sp³-hybridized carbons (Fsp3) is 0.200. The molecule has 0 saturated carbocycles. The normalized spacial score (nSPS) is 13.9. The number of carbonyl (C=O) groups excluding carboxylic acids is 2. The molecule has 0 amide bonds. The van der Waals surface area contributed by atoms with Crippen molar-refractivity contribution in [3.8, 4) is 0 Å². The smallest absolute Gasteiger partial charge is 0.121 e. The summed E-state index contributed by atoms with van der Waals surface area (Å²) < 4.78 is 0.103. The Labute approximate surface area is 181 Å². The van der Waals surface area contributed by atoms with Crippen LogP contribution in [0.4, 0.5) is 0 Å². The molecule has 2 nitrogen and oxygen atoms in total. The third-order valence-electron chi connectivity index (χ3n) is 4.61. The maximum atomic E-state index is 11.4. The quantitative estimate of drug-likeness (QED) is 0.252. The van der Waals surface area contributed by atoms with Crippen LogP contribution in [0.25, 0.3) is 0 Å². The van der Waals surface area contributed by atoms with E-state index in [1.807, 2.05) is 54.6 Å².